The summed E-state index contributed by atoms with van der Waals surface area (Å²) < 4.78 is 0.181. The molecule has 34 heavy (non-hydrogen) atoms. The average Bonchev–Trinajstić information content (AvgIpc) is 2.89. The van der Waals surface area contributed by atoms with Crippen molar-refractivity contribution < 1.29 is 0 Å². The highest BCUT2D eigenvalue weighted by atomic mass is 32.2. The van der Waals surface area contributed by atoms with Gasteiger partial charge in [-0.1, -0.05) is 48.5 Å². The van der Waals surface area contributed by atoms with Gasteiger partial charge in [-0.25, -0.2) is 5.84 Å². The summed E-state index contributed by atoms with van der Waals surface area (Å²) in [6.45, 7) is 6.73. The number of para-hydroxylation sites is 1. The third kappa shape index (κ3) is 4.84. The van der Waals surface area contributed by atoms with Crippen LogP contribution in [0.15, 0.2) is 66.7 Å². The smallest absolute Gasteiger partial charge is 0.0837 e. The Hall–Kier alpha value is -2.08. The van der Waals surface area contributed by atoms with E-state index < -0.39 is 0 Å². The molecule has 5 rings (SSSR count). The van der Waals surface area contributed by atoms with E-state index in [9.17, 15) is 0 Å². The lowest BCUT2D eigenvalue weighted by atomic mass is 10.0. The highest BCUT2D eigenvalue weighted by Crippen LogP contribution is 2.50. The summed E-state index contributed by atoms with van der Waals surface area (Å²) in [7, 11) is 0. The van der Waals surface area contributed by atoms with Crippen LogP contribution in [0.3, 0.4) is 0 Å². The van der Waals surface area contributed by atoms with Gasteiger partial charge in [0, 0.05) is 13.1 Å². The highest BCUT2D eigenvalue weighted by Gasteiger charge is 2.30. The van der Waals surface area contributed by atoms with E-state index in [1.807, 2.05) is 5.01 Å². The minimum atomic E-state index is 0.181. The van der Waals surface area contributed by atoms with Crippen molar-refractivity contribution in [2.75, 3.05) is 34.5 Å². The predicted molar refractivity (Wildman–Crippen MR) is 152 cm³/mol. The standard InChI is InChI=1S/C29H35N3S2/c1-22-8-6-9-27(31-18-4-3-5-19-31)28(22)32(30)26-16-12-24(13-17-26)23-10-14-25(15-11-23)29(2)33-20-7-21-34-29/h6,8-17H,3-5,7,18-21,30H2,1-2H3. The van der Waals surface area contributed by atoms with Crippen molar-refractivity contribution in [1.29, 1.82) is 0 Å². The Kier molecular flexibility index (Phi) is 7.14. The molecule has 3 nitrogen and oxygen atoms in total. The molecular weight excluding hydrogens is 454 g/mol. The Balaban J connectivity index is 1.37. The molecule has 0 unspecified atom stereocenters. The largest absolute Gasteiger partial charge is 0.370 e. The second-order valence-electron chi connectivity index (χ2n) is 9.48. The van der Waals surface area contributed by atoms with Gasteiger partial charge in [0.05, 0.1) is 21.1 Å². The van der Waals surface area contributed by atoms with E-state index in [1.54, 1.807) is 0 Å². The van der Waals surface area contributed by atoms with Gasteiger partial charge in [-0.15, -0.1) is 23.5 Å². The maximum absolute atomic E-state index is 6.73. The molecule has 0 bridgehead atoms. The van der Waals surface area contributed by atoms with Crippen LogP contribution in [-0.4, -0.2) is 24.6 Å². The first-order valence-corrected chi connectivity index (χ1v) is 14.4. The summed E-state index contributed by atoms with van der Waals surface area (Å²) >= 11 is 4.15. The monoisotopic (exact) mass is 489 g/mol. The molecule has 2 saturated heterocycles. The molecule has 2 aliphatic heterocycles. The third-order valence-electron chi connectivity index (χ3n) is 7.09. The molecule has 0 aromatic heterocycles. The van der Waals surface area contributed by atoms with E-state index in [4.69, 9.17) is 5.84 Å². The molecule has 2 heterocycles. The van der Waals surface area contributed by atoms with Gasteiger partial charge in [-0.2, -0.15) is 0 Å². The van der Waals surface area contributed by atoms with Crippen LogP contribution in [0.4, 0.5) is 17.1 Å². The van der Waals surface area contributed by atoms with Crippen molar-refractivity contribution in [1.82, 2.24) is 0 Å². The lowest BCUT2D eigenvalue weighted by Crippen LogP contribution is -2.33. The summed E-state index contributed by atoms with van der Waals surface area (Å²) in [5.74, 6) is 9.24. The maximum Gasteiger partial charge on any atom is 0.0837 e. The summed E-state index contributed by atoms with van der Waals surface area (Å²) in [5, 5.41) is 1.87. The predicted octanol–water partition coefficient (Wildman–Crippen LogP) is 7.71. The number of nitrogens with zero attached hydrogens (tertiary/aromatic N) is 2. The van der Waals surface area contributed by atoms with Crippen LogP contribution in [0.5, 0.6) is 0 Å². The third-order valence-corrected chi connectivity index (χ3v) is 10.4. The number of benzene rings is 3. The van der Waals surface area contributed by atoms with Crippen LogP contribution in [0.2, 0.25) is 0 Å². The van der Waals surface area contributed by atoms with Gasteiger partial charge < -0.3 is 4.90 Å². The van der Waals surface area contributed by atoms with Crippen molar-refractivity contribution in [3.63, 3.8) is 0 Å². The summed E-state index contributed by atoms with van der Waals surface area (Å²) in [4.78, 5) is 2.49. The molecule has 3 aromatic rings. The zero-order valence-electron chi connectivity index (χ0n) is 20.3. The van der Waals surface area contributed by atoms with Gasteiger partial charge in [-0.05, 0) is 91.5 Å². The Morgan fingerprint density at radius 2 is 1.41 bits per heavy atom. The Labute approximate surface area is 213 Å². The van der Waals surface area contributed by atoms with Crippen LogP contribution >= 0.6 is 23.5 Å². The number of aryl methyl sites for hydroxylation is 1. The molecule has 3 aromatic carbocycles. The minimum absolute atomic E-state index is 0.181. The number of hydrogen-bond acceptors (Lipinski definition) is 5. The normalized spacial score (nSPS) is 18.0. The van der Waals surface area contributed by atoms with Crippen molar-refractivity contribution in [2.24, 2.45) is 5.84 Å². The SMILES string of the molecule is Cc1cccc(N2CCCCC2)c1N(N)c1ccc(-c2ccc(C3(C)SCCCS3)cc2)cc1. The first kappa shape index (κ1) is 23.7. The van der Waals surface area contributed by atoms with Gasteiger partial charge in [-0.3, -0.25) is 5.01 Å². The van der Waals surface area contributed by atoms with Crippen molar-refractivity contribution in [2.45, 2.75) is 43.6 Å². The molecule has 178 valence electrons. The number of anilines is 3. The van der Waals surface area contributed by atoms with Gasteiger partial charge in [0.25, 0.3) is 0 Å². The van der Waals surface area contributed by atoms with Crippen LogP contribution in [0, 0.1) is 6.92 Å². The average molecular weight is 490 g/mol. The summed E-state index contributed by atoms with van der Waals surface area (Å²) in [6.07, 6.45) is 5.14. The Morgan fingerprint density at radius 3 is 2.06 bits per heavy atom. The molecular formula is C29H35N3S2. The quantitative estimate of drug-likeness (QED) is 0.293. The van der Waals surface area contributed by atoms with E-state index in [0.717, 1.165) is 24.5 Å². The van der Waals surface area contributed by atoms with E-state index in [0.29, 0.717) is 0 Å². The topological polar surface area (TPSA) is 32.5 Å². The summed E-state index contributed by atoms with van der Waals surface area (Å²) in [6, 6.07) is 24.3. The van der Waals surface area contributed by atoms with E-state index in [1.165, 1.54) is 65.1 Å². The second kappa shape index (κ2) is 10.3. The number of nitrogens with two attached hydrogens (primary N) is 1. The second-order valence-corrected chi connectivity index (χ2v) is 12.8. The fourth-order valence-electron chi connectivity index (χ4n) is 5.06. The molecule has 2 aliphatic rings. The van der Waals surface area contributed by atoms with Crippen LogP contribution in [-0.2, 0) is 4.08 Å². The molecule has 0 spiro atoms. The van der Waals surface area contributed by atoms with Gasteiger partial charge in [0.1, 0.15) is 0 Å². The van der Waals surface area contributed by atoms with E-state index in [2.05, 4.69) is 109 Å². The summed E-state index contributed by atoms with van der Waals surface area (Å²) in [5.41, 5.74) is 8.45. The zero-order chi connectivity index (χ0) is 23.5. The number of piperidine rings is 1. The fourth-order valence-corrected chi connectivity index (χ4v) is 8.03. The minimum Gasteiger partial charge on any atom is -0.370 e. The lowest BCUT2D eigenvalue weighted by molar-refractivity contribution is 0.577. The molecule has 0 saturated carbocycles. The lowest BCUT2D eigenvalue weighted by Gasteiger charge is -2.34. The molecule has 0 amide bonds. The van der Waals surface area contributed by atoms with Crippen LogP contribution in [0.1, 0.15) is 43.7 Å². The van der Waals surface area contributed by atoms with Crippen LogP contribution in [0.25, 0.3) is 11.1 Å². The van der Waals surface area contributed by atoms with Crippen LogP contribution < -0.4 is 15.8 Å². The molecule has 0 radical (unpaired) electrons. The van der Waals surface area contributed by atoms with Gasteiger partial charge >= 0.3 is 0 Å². The number of thioether (sulfide) groups is 2. The molecule has 5 heteroatoms. The van der Waals surface area contributed by atoms with E-state index >= 15 is 0 Å². The zero-order valence-corrected chi connectivity index (χ0v) is 21.9. The van der Waals surface area contributed by atoms with E-state index in [-0.39, 0.29) is 4.08 Å². The first-order valence-electron chi connectivity index (χ1n) is 12.4. The van der Waals surface area contributed by atoms with Crippen molar-refractivity contribution >= 4 is 40.6 Å². The van der Waals surface area contributed by atoms with Crippen molar-refractivity contribution in [3.05, 3.63) is 77.9 Å². The molecule has 2 N–H and O–H groups in total. The first-order chi connectivity index (χ1) is 16.5. The Bertz CT molecular complexity index is 1100. The Morgan fingerprint density at radius 1 is 0.794 bits per heavy atom. The molecule has 0 aliphatic carbocycles. The fraction of sp³-hybridized carbons (Fsp3) is 0.379. The number of hydrogen-bond donors (Lipinski definition) is 1. The highest BCUT2D eigenvalue weighted by molar-refractivity contribution is 8.18. The number of rotatable bonds is 5. The maximum atomic E-state index is 6.73. The number of hydrazine groups is 1. The van der Waals surface area contributed by atoms with Gasteiger partial charge in [0.15, 0.2) is 0 Å². The van der Waals surface area contributed by atoms with Gasteiger partial charge in [0.2, 0.25) is 0 Å². The van der Waals surface area contributed by atoms with Crippen molar-refractivity contribution in [3.8, 4) is 11.1 Å². The molecule has 0 atom stereocenters. The molecule has 2 fully saturated rings.